The molecule has 0 saturated heterocycles. The van der Waals surface area contributed by atoms with Crippen molar-refractivity contribution in [2.45, 2.75) is 117 Å². The van der Waals surface area contributed by atoms with Gasteiger partial charge in [-0.2, -0.15) is 0 Å². The average molecular weight is 754 g/mol. The first-order valence-corrected chi connectivity index (χ1v) is 22.1. The molecular weight excluding hydrogens is 691 g/mol. The number of rotatable bonds is 21. The molecule has 0 aliphatic carbocycles. The molecule has 0 atom stereocenters. The van der Waals surface area contributed by atoms with Gasteiger partial charge in [-0.05, 0) is 108 Å². The highest BCUT2D eigenvalue weighted by Gasteiger charge is 2.18. The van der Waals surface area contributed by atoms with Gasteiger partial charge in [0.15, 0.2) is 0 Å². The molecule has 0 aliphatic rings. The third-order valence-corrected chi connectivity index (χ3v) is 11.5. The van der Waals surface area contributed by atoms with Crippen LogP contribution >= 0.6 is 0 Å². The fraction of sp³-hybridized carbons (Fsp3) is 0.333. The van der Waals surface area contributed by atoms with Crippen LogP contribution in [0.15, 0.2) is 146 Å². The minimum Gasteiger partial charge on any atom is -0.316 e. The summed E-state index contributed by atoms with van der Waals surface area (Å²) in [6.45, 7) is 6.88. The summed E-state index contributed by atoms with van der Waals surface area (Å²) in [7, 11) is 0. The molecule has 3 heterocycles. The van der Waals surface area contributed by atoms with E-state index in [0.717, 1.165) is 19.3 Å². The predicted octanol–water partition coefficient (Wildman–Crippen LogP) is 15.4. The smallest absolute Gasteiger partial charge is 0.0531 e. The van der Waals surface area contributed by atoms with Crippen LogP contribution in [0, 0.1) is 0 Å². The summed E-state index contributed by atoms with van der Waals surface area (Å²) >= 11 is 0. The molecule has 3 aromatic heterocycles. The lowest BCUT2D eigenvalue weighted by molar-refractivity contribution is 0.666. The Balaban J connectivity index is 1.42. The van der Waals surface area contributed by atoms with Gasteiger partial charge in [-0.1, -0.05) is 170 Å². The van der Waals surface area contributed by atoms with Gasteiger partial charge in [-0.15, -0.1) is 0 Å². The Kier molecular flexibility index (Phi) is 14.2. The molecule has 7 aromatic rings. The molecule has 57 heavy (non-hydrogen) atoms. The molecule has 0 fully saturated rings. The van der Waals surface area contributed by atoms with Crippen molar-refractivity contribution in [3.05, 3.63) is 163 Å². The monoisotopic (exact) mass is 754 g/mol. The van der Waals surface area contributed by atoms with E-state index in [0.29, 0.717) is 0 Å². The molecule has 0 N–H and O–H groups in total. The fourth-order valence-corrected chi connectivity index (χ4v) is 8.36. The number of hydrogen-bond donors (Lipinski definition) is 0. The predicted molar refractivity (Wildman–Crippen MR) is 244 cm³/mol. The van der Waals surface area contributed by atoms with Crippen molar-refractivity contribution in [3.63, 3.8) is 0 Å². The minimum absolute atomic E-state index is 1.09. The number of aryl methyl sites for hydroxylation is 3. The van der Waals surface area contributed by atoms with Crippen LogP contribution in [0.5, 0.6) is 0 Å². The van der Waals surface area contributed by atoms with E-state index >= 15 is 0 Å². The molecule has 0 radical (unpaired) electrons. The molecule has 0 spiro atoms. The van der Waals surface area contributed by atoms with Crippen LogP contribution in [0.3, 0.4) is 0 Å². The van der Waals surface area contributed by atoms with Crippen molar-refractivity contribution in [3.8, 4) is 50.8 Å². The van der Waals surface area contributed by atoms with Crippen molar-refractivity contribution in [2.75, 3.05) is 0 Å². The second-order valence-corrected chi connectivity index (χ2v) is 16.0. The zero-order valence-electron chi connectivity index (χ0n) is 34.8. The third kappa shape index (κ3) is 10.2. The first kappa shape index (κ1) is 39.9. The van der Waals surface area contributed by atoms with E-state index in [-0.39, 0.29) is 0 Å². The van der Waals surface area contributed by atoms with E-state index in [1.54, 1.807) is 0 Å². The highest BCUT2D eigenvalue weighted by molar-refractivity contribution is 5.71. The summed E-state index contributed by atoms with van der Waals surface area (Å²) in [5, 5.41) is 0. The highest BCUT2D eigenvalue weighted by atomic mass is 15.0. The fourth-order valence-electron chi connectivity index (χ4n) is 8.36. The van der Waals surface area contributed by atoms with Gasteiger partial charge in [0, 0.05) is 35.7 Å². The van der Waals surface area contributed by atoms with E-state index in [9.17, 15) is 0 Å². The van der Waals surface area contributed by atoms with Crippen LogP contribution in [-0.2, 0) is 19.3 Å². The van der Waals surface area contributed by atoms with Crippen molar-refractivity contribution >= 4 is 0 Å². The Morgan fingerprint density at radius 3 is 0.860 bits per heavy atom. The third-order valence-electron chi connectivity index (χ3n) is 11.5. The molecule has 0 saturated carbocycles. The van der Waals surface area contributed by atoms with Crippen molar-refractivity contribution in [1.82, 2.24) is 13.7 Å². The summed E-state index contributed by atoms with van der Waals surface area (Å²) in [6.07, 6.45) is 25.6. The van der Waals surface area contributed by atoms with Gasteiger partial charge in [0.25, 0.3) is 0 Å². The van der Waals surface area contributed by atoms with Crippen LogP contribution < -0.4 is 0 Å². The first-order chi connectivity index (χ1) is 28.1. The number of nitrogens with zero attached hydrogens (tertiary/aromatic N) is 3. The summed E-state index contributed by atoms with van der Waals surface area (Å²) in [6, 6.07) is 47.4. The summed E-state index contributed by atoms with van der Waals surface area (Å²) < 4.78 is 7.39. The molecular formula is C54H63N3. The molecule has 294 valence electrons. The van der Waals surface area contributed by atoms with Gasteiger partial charge in [0.05, 0.1) is 17.1 Å². The summed E-state index contributed by atoms with van der Waals surface area (Å²) in [4.78, 5) is 0. The van der Waals surface area contributed by atoms with Gasteiger partial charge in [-0.25, -0.2) is 0 Å². The van der Waals surface area contributed by atoms with Crippen LogP contribution in [0.4, 0.5) is 0 Å². The Labute approximate surface area is 343 Å². The lowest BCUT2D eigenvalue weighted by Gasteiger charge is -2.18. The normalized spacial score (nSPS) is 11.4. The number of hydrogen-bond acceptors (Lipinski definition) is 0. The lowest BCUT2D eigenvalue weighted by Crippen LogP contribution is -2.04. The highest BCUT2D eigenvalue weighted by Crippen LogP contribution is 2.35. The zero-order chi connectivity index (χ0) is 39.2. The van der Waals surface area contributed by atoms with Gasteiger partial charge < -0.3 is 13.7 Å². The van der Waals surface area contributed by atoms with Crippen LogP contribution in [0.2, 0.25) is 0 Å². The second-order valence-electron chi connectivity index (χ2n) is 16.0. The minimum atomic E-state index is 1.09. The topological polar surface area (TPSA) is 14.8 Å². The van der Waals surface area contributed by atoms with E-state index in [2.05, 4.69) is 180 Å². The molecule has 0 bridgehead atoms. The SMILES string of the molecule is CCCCCCc1cc(-c2ccccc2)n(-c2cc(-n3cc(CCCCCC)cc3-c3ccccc3)cc(-n3cc(CCCCCC)cc3-c3ccccc3)c2)c1. The quantitative estimate of drug-likeness (QED) is 0.0649. The average Bonchev–Trinajstić information content (AvgIpc) is 4.01. The Morgan fingerprint density at radius 1 is 0.316 bits per heavy atom. The number of benzene rings is 4. The van der Waals surface area contributed by atoms with E-state index in [1.807, 2.05) is 0 Å². The van der Waals surface area contributed by atoms with Gasteiger partial charge in [0.2, 0.25) is 0 Å². The van der Waals surface area contributed by atoms with Gasteiger partial charge in [-0.3, -0.25) is 0 Å². The van der Waals surface area contributed by atoms with Gasteiger partial charge in [0.1, 0.15) is 0 Å². The molecule has 0 unspecified atom stereocenters. The standard InChI is InChI=1S/C54H63N3/c1-4-7-10-16-25-43-34-52(46-28-19-13-20-29-46)55(40-43)49-37-50(56-41-44(26-17-11-8-5-2)35-53(56)47-30-21-14-22-31-47)39-51(38-49)57-42-45(27-18-12-9-6-3)36-54(57)48-32-23-15-24-33-48/h13-15,19-24,28-42H,4-12,16-18,25-27H2,1-3H3. The zero-order valence-corrected chi connectivity index (χ0v) is 34.8. The van der Waals surface area contributed by atoms with E-state index in [4.69, 9.17) is 0 Å². The van der Waals surface area contributed by atoms with Crippen LogP contribution in [0.1, 0.15) is 115 Å². The van der Waals surface area contributed by atoms with Crippen molar-refractivity contribution in [1.29, 1.82) is 0 Å². The second kappa shape index (κ2) is 20.2. The maximum Gasteiger partial charge on any atom is 0.0531 e. The summed E-state index contributed by atoms with van der Waals surface area (Å²) in [5.41, 5.74) is 15.2. The van der Waals surface area contributed by atoms with Gasteiger partial charge >= 0.3 is 0 Å². The van der Waals surface area contributed by atoms with E-state index in [1.165, 1.54) is 145 Å². The Hall–Kier alpha value is -5.28. The molecule has 4 aromatic carbocycles. The largest absolute Gasteiger partial charge is 0.316 e. The molecule has 3 heteroatoms. The maximum atomic E-state index is 2.46. The van der Waals surface area contributed by atoms with Crippen LogP contribution in [0.25, 0.3) is 50.8 Å². The number of unbranched alkanes of at least 4 members (excludes halogenated alkanes) is 9. The molecule has 3 nitrogen and oxygen atoms in total. The summed E-state index contributed by atoms with van der Waals surface area (Å²) in [5.74, 6) is 0. The molecule has 0 amide bonds. The van der Waals surface area contributed by atoms with Crippen molar-refractivity contribution < 1.29 is 0 Å². The Morgan fingerprint density at radius 2 is 0.596 bits per heavy atom. The van der Waals surface area contributed by atoms with Crippen molar-refractivity contribution in [2.24, 2.45) is 0 Å². The first-order valence-electron chi connectivity index (χ1n) is 22.1. The lowest BCUT2D eigenvalue weighted by atomic mass is 10.1. The Bertz CT molecular complexity index is 1980. The van der Waals surface area contributed by atoms with E-state index < -0.39 is 0 Å². The molecule has 7 rings (SSSR count). The molecule has 0 aliphatic heterocycles. The van der Waals surface area contributed by atoms with Crippen LogP contribution in [-0.4, -0.2) is 13.7 Å². The maximum absolute atomic E-state index is 2.46. The number of aromatic nitrogens is 3.